The number of esters is 1. The van der Waals surface area contributed by atoms with Crippen LogP contribution >= 0.6 is 0 Å². The van der Waals surface area contributed by atoms with E-state index in [9.17, 15) is 19.2 Å². The molecule has 0 aliphatic carbocycles. The largest absolute Gasteiger partial charge is 0.465 e. The van der Waals surface area contributed by atoms with Crippen molar-refractivity contribution in [3.8, 4) is 11.3 Å². The summed E-state index contributed by atoms with van der Waals surface area (Å²) in [5.74, 6) is -1.35. The van der Waals surface area contributed by atoms with E-state index in [1.54, 1.807) is 48.5 Å². The Bertz CT molecular complexity index is 1380. The van der Waals surface area contributed by atoms with Gasteiger partial charge in [0.05, 0.1) is 18.4 Å². The highest BCUT2D eigenvalue weighted by Gasteiger charge is 2.37. The number of hydrogen-bond donors (Lipinski definition) is 1. The number of carbonyl (C=O) groups is 4. The first-order valence-electron chi connectivity index (χ1n) is 10.5. The number of ether oxygens (including phenoxy) is 1. The number of benzene rings is 2. The summed E-state index contributed by atoms with van der Waals surface area (Å²) >= 11 is 0. The monoisotopic (exact) mass is 458 g/mol. The minimum Gasteiger partial charge on any atom is -0.465 e. The molecule has 2 aromatic carbocycles. The Morgan fingerprint density at radius 3 is 2.38 bits per heavy atom. The van der Waals surface area contributed by atoms with Gasteiger partial charge in [-0.05, 0) is 79.9 Å². The fraction of sp³-hybridized carbons (Fsp3) is 0.154. The van der Waals surface area contributed by atoms with E-state index in [2.05, 4.69) is 5.32 Å². The number of furan rings is 1. The molecule has 0 unspecified atom stereocenters. The van der Waals surface area contributed by atoms with Gasteiger partial charge >= 0.3 is 12.0 Å². The van der Waals surface area contributed by atoms with Gasteiger partial charge in [-0.3, -0.25) is 14.9 Å². The molecule has 34 heavy (non-hydrogen) atoms. The molecule has 8 nitrogen and oxygen atoms in total. The molecular weight excluding hydrogens is 436 g/mol. The van der Waals surface area contributed by atoms with Gasteiger partial charge in [-0.2, -0.15) is 0 Å². The Labute approximate surface area is 195 Å². The topological polar surface area (TPSA) is 106 Å². The summed E-state index contributed by atoms with van der Waals surface area (Å²) in [4.78, 5) is 50.8. The molecule has 0 spiro atoms. The van der Waals surface area contributed by atoms with E-state index in [0.29, 0.717) is 22.6 Å². The number of hydrogen-bond acceptors (Lipinski definition) is 6. The number of nitrogens with one attached hydrogen (secondary N) is 1. The normalized spacial score (nSPS) is 15.0. The Morgan fingerprint density at radius 2 is 1.68 bits per heavy atom. The lowest BCUT2D eigenvalue weighted by Gasteiger charge is -2.26. The van der Waals surface area contributed by atoms with Crippen LogP contribution in [0.3, 0.4) is 0 Å². The lowest BCUT2D eigenvalue weighted by Crippen LogP contribution is -2.54. The molecule has 0 radical (unpaired) electrons. The summed E-state index contributed by atoms with van der Waals surface area (Å²) in [5.41, 5.74) is 3.93. The van der Waals surface area contributed by atoms with Crippen LogP contribution in [0, 0.1) is 20.8 Å². The van der Waals surface area contributed by atoms with Gasteiger partial charge in [0, 0.05) is 5.56 Å². The molecule has 1 N–H and O–H groups in total. The number of aryl methyl sites for hydroxylation is 3. The van der Waals surface area contributed by atoms with Gasteiger partial charge in [-0.15, -0.1) is 0 Å². The van der Waals surface area contributed by atoms with Crippen molar-refractivity contribution in [2.45, 2.75) is 20.8 Å². The molecule has 0 saturated carbocycles. The third-order valence-corrected chi connectivity index (χ3v) is 5.69. The molecule has 172 valence electrons. The highest BCUT2D eigenvalue weighted by molar-refractivity contribution is 6.39. The van der Waals surface area contributed by atoms with Crippen LogP contribution in [0.25, 0.3) is 17.4 Å². The molecule has 0 bridgehead atoms. The lowest BCUT2D eigenvalue weighted by molar-refractivity contribution is -0.122. The lowest BCUT2D eigenvalue weighted by atomic mass is 10.0. The number of urea groups is 1. The van der Waals surface area contributed by atoms with E-state index in [-0.39, 0.29) is 11.3 Å². The van der Waals surface area contributed by atoms with E-state index in [0.717, 1.165) is 21.6 Å². The van der Waals surface area contributed by atoms with Gasteiger partial charge in [0.1, 0.15) is 17.1 Å². The van der Waals surface area contributed by atoms with Gasteiger partial charge < -0.3 is 9.15 Å². The minimum atomic E-state index is -0.814. The quantitative estimate of drug-likeness (QED) is 0.355. The van der Waals surface area contributed by atoms with Gasteiger partial charge in [0.15, 0.2) is 0 Å². The highest BCUT2D eigenvalue weighted by atomic mass is 16.5. The van der Waals surface area contributed by atoms with Gasteiger partial charge in [0.25, 0.3) is 11.8 Å². The summed E-state index contributed by atoms with van der Waals surface area (Å²) in [6.45, 7) is 5.65. The SMILES string of the molecule is COC(=O)c1ccc(C)c(-c2ccc(/C=C3\C(=O)NC(=O)N(c4ccc(C)c(C)c4)C3=O)o2)c1. The van der Waals surface area contributed by atoms with Gasteiger partial charge in [-0.25, -0.2) is 14.5 Å². The van der Waals surface area contributed by atoms with Crippen LogP contribution in [0.15, 0.2) is 58.5 Å². The third kappa shape index (κ3) is 4.13. The van der Waals surface area contributed by atoms with Crippen molar-refractivity contribution in [1.82, 2.24) is 5.32 Å². The molecule has 8 heteroatoms. The summed E-state index contributed by atoms with van der Waals surface area (Å²) in [5, 5.41) is 2.20. The number of carbonyl (C=O) groups excluding carboxylic acids is 4. The summed E-state index contributed by atoms with van der Waals surface area (Å²) in [6.07, 6.45) is 1.29. The van der Waals surface area contributed by atoms with Crippen LogP contribution in [-0.4, -0.2) is 30.9 Å². The zero-order valence-corrected chi connectivity index (χ0v) is 19.1. The van der Waals surface area contributed by atoms with Crippen LogP contribution in [-0.2, 0) is 14.3 Å². The number of methoxy groups -OCH3 is 1. The molecule has 1 fully saturated rings. The maximum Gasteiger partial charge on any atom is 0.337 e. The van der Waals surface area contributed by atoms with Crippen LogP contribution in [0.5, 0.6) is 0 Å². The predicted molar refractivity (Wildman–Crippen MR) is 125 cm³/mol. The van der Waals surface area contributed by atoms with Crippen LogP contribution in [0.1, 0.15) is 32.8 Å². The van der Waals surface area contributed by atoms with Crippen LogP contribution in [0.2, 0.25) is 0 Å². The molecule has 2 heterocycles. The van der Waals surface area contributed by atoms with Gasteiger partial charge in [-0.1, -0.05) is 12.1 Å². The molecule has 1 aromatic heterocycles. The van der Waals surface area contributed by atoms with Gasteiger partial charge in [0.2, 0.25) is 0 Å². The second-order valence-corrected chi connectivity index (χ2v) is 7.95. The Morgan fingerprint density at radius 1 is 0.941 bits per heavy atom. The van der Waals surface area contributed by atoms with Crippen molar-refractivity contribution >= 4 is 35.6 Å². The zero-order valence-electron chi connectivity index (χ0n) is 19.1. The summed E-state index contributed by atoms with van der Waals surface area (Å²) in [6, 6.07) is 12.7. The van der Waals surface area contributed by atoms with Crippen molar-refractivity contribution in [2.75, 3.05) is 12.0 Å². The predicted octanol–water partition coefficient (Wildman–Crippen LogP) is 4.32. The second kappa shape index (κ2) is 8.82. The minimum absolute atomic E-state index is 0.237. The van der Waals surface area contributed by atoms with E-state index in [1.807, 2.05) is 20.8 Å². The smallest absolute Gasteiger partial charge is 0.337 e. The molecule has 1 aliphatic heterocycles. The Kier molecular flexibility index (Phi) is 5.89. The second-order valence-electron chi connectivity index (χ2n) is 7.95. The molecular formula is C26H22N2O6. The molecule has 4 amide bonds. The number of amides is 4. The first kappa shape index (κ1) is 22.7. The Balaban J connectivity index is 1.69. The fourth-order valence-electron chi connectivity index (χ4n) is 3.61. The van der Waals surface area contributed by atoms with E-state index >= 15 is 0 Å². The first-order chi connectivity index (χ1) is 16.2. The standard InChI is InChI=1S/C26H22N2O6/c1-14-6-8-18(11-16(14)3)28-24(30)21(23(29)27-26(28)32)13-19-9-10-22(34-19)20-12-17(25(31)33-4)7-5-15(20)2/h5-13H,1-4H3,(H,27,29,32)/b21-13+. The average Bonchev–Trinajstić information content (AvgIpc) is 3.27. The van der Waals surface area contributed by atoms with Crippen molar-refractivity contribution in [1.29, 1.82) is 0 Å². The number of nitrogens with zero attached hydrogens (tertiary/aromatic N) is 1. The van der Waals surface area contributed by atoms with Crippen molar-refractivity contribution in [3.63, 3.8) is 0 Å². The molecule has 3 aromatic rings. The Hall–Kier alpha value is -4.46. The number of barbiturate groups is 1. The number of anilines is 1. The van der Waals surface area contributed by atoms with E-state index in [1.165, 1.54) is 13.2 Å². The maximum atomic E-state index is 13.1. The van der Waals surface area contributed by atoms with E-state index < -0.39 is 23.8 Å². The fourth-order valence-corrected chi connectivity index (χ4v) is 3.61. The summed E-state index contributed by atoms with van der Waals surface area (Å²) in [7, 11) is 1.30. The number of rotatable bonds is 4. The van der Waals surface area contributed by atoms with Crippen molar-refractivity contribution < 1.29 is 28.3 Å². The van der Waals surface area contributed by atoms with Crippen LogP contribution < -0.4 is 10.2 Å². The molecule has 0 atom stereocenters. The molecule has 1 aliphatic rings. The van der Waals surface area contributed by atoms with Crippen LogP contribution in [0.4, 0.5) is 10.5 Å². The number of imide groups is 2. The van der Waals surface area contributed by atoms with Crippen molar-refractivity contribution in [2.24, 2.45) is 0 Å². The molecule has 1 saturated heterocycles. The summed E-state index contributed by atoms with van der Waals surface area (Å²) < 4.78 is 10.6. The maximum absolute atomic E-state index is 13.1. The van der Waals surface area contributed by atoms with E-state index in [4.69, 9.17) is 9.15 Å². The third-order valence-electron chi connectivity index (χ3n) is 5.69. The first-order valence-corrected chi connectivity index (χ1v) is 10.5. The average molecular weight is 458 g/mol. The molecule has 4 rings (SSSR count). The van der Waals surface area contributed by atoms with Crippen molar-refractivity contribution in [3.05, 3.63) is 82.1 Å². The highest BCUT2D eigenvalue weighted by Crippen LogP contribution is 2.29. The zero-order chi connectivity index (χ0) is 24.6.